The first kappa shape index (κ1) is 17.2. The molecule has 1 aliphatic rings. The molecule has 2 aromatic carbocycles. The molecule has 4 rings (SSSR count). The Kier molecular flexibility index (Phi) is 4.35. The number of carbonyl (C=O) groups excluding carboxylic acids is 1. The zero-order chi connectivity index (χ0) is 19.0. The zero-order valence-corrected chi connectivity index (χ0v) is 15.1. The number of ether oxygens (including phenoxy) is 1. The maximum absolute atomic E-state index is 14.3. The quantitative estimate of drug-likeness (QED) is 0.715. The van der Waals surface area contributed by atoms with Crippen LogP contribution in [0.5, 0.6) is 5.75 Å². The molecule has 0 N–H and O–H groups in total. The average Bonchev–Trinajstić information content (AvgIpc) is 3.12. The summed E-state index contributed by atoms with van der Waals surface area (Å²) in [5, 5.41) is 8.49. The molecule has 3 aromatic rings. The summed E-state index contributed by atoms with van der Waals surface area (Å²) < 4.78 is 21.5. The number of amides is 1. The Hall–Kier alpha value is -3.22. The molecule has 2 heterocycles. The van der Waals surface area contributed by atoms with Gasteiger partial charge in [-0.05, 0) is 30.7 Å². The summed E-state index contributed by atoms with van der Waals surface area (Å²) in [6.07, 6.45) is 0.583. The minimum absolute atomic E-state index is 0.0931. The summed E-state index contributed by atoms with van der Waals surface area (Å²) in [6, 6.07) is 12.4. The van der Waals surface area contributed by atoms with Gasteiger partial charge in [0, 0.05) is 13.0 Å². The molecule has 0 saturated carbocycles. The van der Waals surface area contributed by atoms with Crippen LogP contribution in [-0.2, 0) is 13.0 Å². The van der Waals surface area contributed by atoms with Crippen LogP contribution >= 0.6 is 0 Å². The van der Waals surface area contributed by atoms with Crippen LogP contribution in [0.2, 0.25) is 0 Å². The Balaban J connectivity index is 1.63. The fraction of sp³-hybridized carbons (Fsp3) is 0.250. The van der Waals surface area contributed by atoms with E-state index in [1.807, 2.05) is 24.3 Å². The molecule has 1 amide bonds. The molecule has 0 atom stereocenters. The van der Waals surface area contributed by atoms with E-state index in [-0.39, 0.29) is 11.5 Å². The van der Waals surface area contributed by atoms with Gasteiger partial charge >= 0.3 is 0 Å². The number of hydrogen-bond donors (Lipinski definition) is 0. The minimum atomic E-state index is -0.467. The molecule has 0 unspecified atom stereocenters. The van der Waals surface area contributed by atoms with Gasteiger partial charge in [0.15, 0.2) is 0 Å². The minimum Gasteiger partial charge on any atom is -0.494 e. The number of para-hydroxylation sites is 2. The first-order chi connectivity index (χ1) is 13.1. The van der Waals surface area contributed by atoms with Gasteiger partial charge in [-0.25, -0.2) is 9.07 Å². The molecule has 0 fully saturated rings. The molecule has 138 valence electrons. The second kappa shape index (κ2) is 6.83. The molecule has 7 heteroatoms. The number of rotatable bonds is 3. The molecular formula is C20H19FN4O2. The van der Waals surface area contributed by atoms with Crippen molar-refractivity contribution in [2.24, 2.45) is 0 Å². The smallest absolute Gasteiger partial charge is 0.257 e. The monoisotopic (exact) mass is 366 g/mol. The van der Waals surface area contributed by atoms with Gasteiger partial charge in [0.05, 0.1) is 24.9 Å². The van der Waals surface area contributed by atoms with Crippen LogP contribution in [0.25, 0.3) is 5.69 Å². The summed E-state index contributed by atoms with van der Waals surface area (Å²) in [7, 11) is 1.61. The van der Waals surface area contributed by atoms with Gasteiger partial charge in [-0.1, -0.05) is 29.5 Å². The van der Waals surface area contributed by atoms with Crippen molar-refractivity contribution in [1.82, 2.24) is 19.9 Å². The number of aryl methyl sites for hydroxylation is 1. The maximum atomic E-state index is 14.3. The molecular weight excluding hydrogens is 347 g/mol. The lowest BCUT2D eigenvalue weighted by molar-refractivity contribution is 0.0726. The summed E-state index contributed by atoms with van der Waals surface area (Å²) in [5.74, 6) is -0.0924. The number of hydrogen-bond acceptors (Lipinski definition) is 4. The molecule has 1 aliphatic heterocycles. The lowest BCUT2D eigenvalue weighted by Crippen LogP contribution is -2.37. The second-order valence-electron chi connectivity index (χ2n) is 6.48. The van der Waals surface area contributed by atoms with Crippen molar-refractivity contribution < 1.29 is 13.9 Å². The van der Waals surface area contributed by atoms with E-state index in [9.17, 15) is 9.18 Å². The first-order valence-electron chi connectivity index (χ1n) is 8.71. The van der Waals surface area contributed by atoms with Crippen LogP contribution in [0.4, 0.5) is 4.39 Å². The molecule has 0 bridgehead atoms. The Bertz CT molecular complexity index is 1010. The van der Waals surface area contributed by atoms with Crippen molar-refractivity contribution in [2.75, 3.05) is 13.7 Å². The highest BCUT2D eigenvalue weighted by molar-refractivity contribution is 5.94. The van der Waals surface area contributed by atoms with Crippen LogP contribution in [0.15, 0.2) is 42.5 Å². The molecule has 0 saturated heterocycles. The number of nitrogens with zero attached hydrogens (tertiary/aromatic N) is 4. The third-order valence-corrected chi connectivity index (χ3v) is 4.83. The standard InChI is InChI=1S/C20H19FN4O2/c1-13-6-5-7-14(19(13)21)20(26)24-11-10-16-15(12-24)22-23-25(16)17-8-3-4-9-18(17)27-2/h3-9H,10-12H2,1-2H3. The number of fused-ring (bicyclic) bond motifs is 1. The van der Waals surface area contributed by atoms with E-state index in [4.69, 9.17) is 4.74 Å². The van der Waals surface area contributed by atoms with Crippen molar-refractivity contribution >= 4 is 5.91 Å². The Morgan fingerprint density at radius 2 is 2.00 bits per heavy atom. The fourth-order valence-electron chi connectivity index (χ4n) is 3.36. The predicted molar refractivity (Wildman–Crippen MR) is 97.5 cm³/mol. The first-order valence-corrected chi connectivity index (χ1v) is 8.71. The lowest BCUT2D eigenvalue weighted by Gasteiger charge is -2.27. The number of methoxy groups -OCH3 is 1. The van der Waals surface area contributed by atoms with E-state index < -0.39 is 5.82 Å². The largest absolute Gasteiger partial charge is 0.494 e. The van der Waals surface area contributed by atoms with Crippen molar-refractivity contribution in [3.63, 3.8) is 0 Å². The van der Waals surface area contributed by atoms with E-state index in [1.165, 1.54) is 6.07 Å². The number of aromatic nitrogens is 3. The zero-order valence-electron chi connectivity index (χ0n) is 15.1. The Morgan fingerprint density at radius 3 is 2.81 bits per heavy atom. The van der Waals surface area contributed by atoms with Crippen LogP contribution in [0.3, 0.4) is 0 Å². The second-order valence-corrected chi connectivity index (χ2v) is 6.48. The third kappa shape index (κ3) is 2.95. The van der Waals surface area contributed by atoms with Gasteiger partial charge in [-0.2, -0.15) is 0 Å². The van der Waals surface area contributed by atoms with E-state index in [0.29, 0.717) is 36.5 Å². The van der Waals surface area contributed by atoms with E-state index in [0.717, 1.165) is 11.4 Å². The van der Waals surface area contributed by atoms with E-state index >= 15 is 0 Å². The average molecular weight is 366 g/mol. The summed E-state index contributed by atoms with van der Waals surface area (Å²) >= 11 is 0. The van der Waals surface area contributed by atoms with Gasteiger partial charge in [0.2, 0.25) is 0 Å². The Labute approximate surface area is 156 Å². The number of carbonyl (C=O) groups is 1. The highest BCUT2D eigenvalue weighted by Crippen LogP contribution is 2.27. The van der Waals surface area contributed by atoms with Crippen LogP contribution in [0.1, 0.15) is 27.3 Å². The number of benzene rings is 2. The van der Waals surface area contributed by atoms with Crippen LogP contribution in [0, 0.1) is 12.7 Å². The van der Waals surface area contributed by atoms with Gasteiger partial charge in [-0.3, -0.25) is 4.79 Å². The molecule has 1 aromatic heterocycles. The van der Waals surface area contributed by atoms with E-state index in [2.05, 4.69) is 10.3 Å². The predicted octanol–water partition coefficient (Wildman–Crippen LogP) is 2.92. The van der Waals surface area contributed by atoms with Gasteiger partial charge in [-0.15, -0.1) is 5.10 Å². The third-order valence-electron chi connectivity index (χ3n) is 4.83. The topological polar surface area (TPSA) is 60.2 Å². The maximum Gasteiger partial charge on any atom is 0.257 e. The summed E-state index contributed by atoms with van der Waals surface area (Å²) in [4.78, 5) is 14.4. The van der Waals surface area contributed by atoms with Gasteiger partial charge in [0.25, 0.3) is 5.91 Å². The van der Waals surface area contributed by atoms with Crippen molar-refractivity contribution in [3.05, 3.63) is 70.8 Å². The summed E-state index contributed by atoms with van der Waals surface area (Å²) in [6.45, 7) is 2.43. The molecule has 6 nitrogen and oxygen atoms in total. The van der Waals surface area contributed by atoms with Crippen LogP contribution in [-0.4, -0.2) is 39.5 Å². The highest BCUT2D eigenvalue weighted by atomic mass is 19.1. The highest BCUT2D eigenvalue weighted by Gasteiger charge is 2.28. The van der Waals surface area contributed by atoms with Crippen molar-refractivity contribution in [1.29, 1.82) is 0 Å². The molecule has 27 heavy (non-hydrogen) atoms. The molecule has 0 aliphatic carbocycles. The lowest BCUT2D eigenvalue weighted by atomic mass is 10.1. The fourth-order valence-corrected chi connectivity index (χ4v) is 3.36. The van der Waals surface area contributed by atoms with E-state index in [1.54, 1.807) is 35.7 Å². The SMILES string of the molecule is COc1ccccc1-n1nnc2c1CCN(C(=O)c1cccc(C)c1F)C2. The number of halogens is 1. The summed E-state index contributed by atoms with van der Waals surface area (Å²) in [5.41, 5.74) is 3.01. The molecule has 0 radical (unpaired) electrons. The van der Waals surface area contributed by atoms with Gasteiger partial charge in [0.1, 0.15) is 22.9 Å². The van der Waals surface area contributed by atoms with Crippen LogP contribution < -0.4 is 4.74 Å². The van der Waals surface area contributed by atoms with Crippen molar-refractivity contribution in [3.8, 4) is 11.4 Å². The Morgan fingerprint density at radius 1 is 1.19 bits per heavy atom. The van der Waals surface area contributed by atoms with Crippen molar-refractivity contribution in [2.45, 2.75) is 19.9 Å². The molecule has 0 spiro atoms. The normalized spacial score (nSPS) is 13.4. The van der Waals surface area contributed by atoms with Gasteiger partial charge < -0.3 is 9.64 Å².